The van der Waals surface area contributed by atoms with Crippen molar-refractivity contribution in [2.45, 2.75) is 25.3 Å². The lowest BCUT2D eigenvalue weighted by molar-refractivity contribution is -0.127. The predicted octanol–water partition coefficient (Wildman–Crippen LogP) is 2.27. The van der Waals surface area contributed by atoms with Crippen LogP contribution in [0.4, 0.5) is 0 Å². The average molecular weight is 252 g/mol. The van der Waals surface area contributed by atoms with Crippen molar-refractivity contribution in [3.63, 3.8) is 0 Å². The molecule has 0 unspecified atom stereocenters. The van der Waals surface area contributed by atoms with Crippen molar-refractivity contribution < 1.29 is 4.79 Å². The molecule has 4 heteroatoms. The monoisotopic (exact) mass is 252 g/mol. The van der Waals surface area contributed by atoms with E-state index in [1.807, 2.05) is 0 Å². The first-order valence-electron chi connectivity index (χ1n) is 6.14. The third kappa shape index (κ3) is 3.07. The number of nitrogens with one attached hydrogen (secondary N) is 1. The maximum atomic E-state index is 11.8. The van der Waals surface area contributed by atoms with Gasteiger partial charge >= 0.3 is 0 Å². The van der Waals surface area contributed by atoms with Gasteiger partial charge in [0, 0.05) is 12.5 Å². The van der Waals surface area contributed by atoms with E-state index in [1.54, 1.807) is 11.3 Å². The summed E-state index contributed by atoms with van der Waals surface area (Å²) in [4.78, 5) is 14.0. The van der Waals surface area contributed by atoms with Gasteiger partial charge in [0.1, 0.15) is 0 Å². The van der Waals surface area contributed by atoms with Crippen molar-refractivity contribution in [1.29, 1.82) is 0 Å². The minimum absolute atomic E-state index is 0.235. The first-order chi connectivity index (χ1) is 8.18. The molecule has 94 valence electrons. The summed E-state index contributed by atoms with van der Waals surface area (Å²) in [6.45, 7) is 0.707. The molecule has 1 fully saturated rings. The molecule has 1 aliphatic rings. The molecule has 1 atom stereocenters. The normalized spacial score (nSPS) is 17.8. The van der Waals surface area contributed by atoms with Crippen molar-refractivity contribution in [3.05, 3.63) is 22.4 Å². The average Bonchev–Trinajstić information content (AvgIpc) is 2.67. The predicted molar refractivity (Wildman–Crippen MR) is 71.1 cm³/mol. The van der Waals surface area contributed by atoms with Crippen LogP contribution < -0.4 is 5.32 Å². The summed E-state index contributed by atoms with van der Waals surface area (Å²) in [5.41, 5.74) is 1.29. The van der Waals surface area contributed by atoms with Gasteiger partial charge in [0.25, 0.3) is 0 Å². The highest BCUT2D eigenvalue weighted by atomic mass is 32.1. The molecule has 1 N–H and O–H groups in total. The Morgan fingerprint density at radius 1 is 1.59 bits per heavy atom. The van der Waals surface area contributed by atoms with Crippen LogP contribution in [0.1, 0.15) is 30.9 Å². The number of carbonyl (C=O) groups excluding carboxylic acids is 1. The van der Waals surface area contributed by atoms with Crippen LogP contribution in [0.25, 0.3) is 0 Å². The Kier molecular flexibility index (Phi) is 4.18. The maximum absolute atomic E-state index is 11.8. The van der Waals surface area contributed by atoms with E-state index in [-0.39, 0.29) is 17.9 Å². The number of amides is 1. The molecule has 0 aliphatic heterocycles. The zero-order valence-electron chi connectivity index (χ0n) is 10.5. The summed E-state index contributed by atoms with van der Waals surface area (Å²) >= 11 is 1.70. The zero-order chi connectivity index (χ0) is 12.3. The molecule has 17 heavy (non-hydrogen) atoms. The van der Waals surface area contributed by atoms with E-state index in [9.17, 15) is 4.79 Å². The highest BCUT2D eigenvalue weighted by Crippen LogP contribution is 2.26. The number of carbonyl (C=O) groups is 1. The van der Waals surface area contributed by atoms with E-state index in [1.165, 1.54) is 12.0 Å². The summed E-state index contributed by atoms with van der Waals surface area (Å²) in [6.07, 6.45) is 3.34. The first kappa shape index (κ1) is 12.6. The van der Waals surface area contributed by atoms with E-state index in [0.29, 0.717) is 6.54 Å². The van der Waals surface area contributed by atoms with Gasteiger partial charge in [0.15, 0.2) is 0 Å². The summed E-state index contributed by atoms with van der Waals surface area (Å²) < 4.78 is 0. The second-order valence-corrected chi connectivity index (χ2v) is 5.69. The third-order valence-corrected chi connectivity index (χ3v) is 4.20. The minimum atomic E-state index is 0.235. The molecular weight excluding hydrogens is 232 g/mol. The summed E-state index contributed by atoms with van der Waals surface area (Å²) in [6, 6.07) is 2.41. The molecule has 1 aliphatic carbocycles. The lowest BCUT2D eigenvalue weighted by atomic mass is 9.85. The van der Waals surface area contributed by atoms with Gasteiger partial charge in [-0.1, -0.05) is 6.42 Å². The molecule has 0 spiro atoms. The van der Waals surface area contributed by atoms with Gasteiger partial charge in [0.05, 0.1) is 6.04 Å². The van der Waals surface area contributed by atoms with Crippen LogP contribution in [-0.4, -0.2) is 31.4 Å². The highest BCUT2D eigenvalue weighted by molar-refractivity contribution is 7.07. The Balaban J connectivity index is 1.88. The Labute approximate surface area is 107 Å². The lowest BCUT2D eigenvalue weighted by Gasteiger charge is -2.28. The molecule has 1 amide bonds. The minimum Gasteiger partial charge on any atom is -0.354 e. The number of hydrogen-bond acceptors (Lipinski definition) is 3. The van der Waals surface area contributed by atoms with E-state index in [4.69, 9.17) is 0 Å². The molecule has 1 aromatic heterocycles. The number of hydrogen-bond donors (Lipinski definition) is 1. The van der Waals surface area contributed by atoms with Crippen molar-refractivity contribution in [1.82, 2.24) is 10.2 Å². The molecule has 1 aromatic rings. The van der Waals surface area contributed by atoms with Crippen LogP contribution in [0, 0.1) is 5.92 Å². The summed E-state index contributed by atoms with van der Waals surface area (Å²) in [7, 11) is 4.11. The molecular formula is C13H20N2OS. The second kappa shape index (κ2) is 5.65. The number of likely N-dealkylation sites (N-methyl/N-ethyl adjacent to an activating group) is 1. The molecule has 0 bridgehead atoms. The smallest absolute Gasteiger partial charge is 0.223 e. The van der Waals surface area contributed by atoms with E-state index in [2.05, 4.69) is 41.1 Å². The highest BCUT2D eigenvalue weighted by Gasteiger charge is 2.26. The van der Waals surface area contributed by atoms with E-state index in [0.717, 1.165) is 12.8 Å². The first-order valence-corrected chi connectivity index (χ1v) is 7.09. The molecule has 1 heterocycles. The van der Waals surface area contributed by atoms with Gasteiger partial charge < -0.3 is 10.2 Å². The molecule has 0 aromatic carbocycles. The second-order valence-electron chi connectivity index (χ2n) is 4.91. The van der Waals surface area contributed by atoms with Gasteiger partial charge in [0.2, 0.25) is 5.91 Å². The van der Waals surface area contributed by atoms with Crippen LogP contribution in [0.3, 0.4) is 0 Å². The standard InChI is InChI=1S/C13H20N2OS/c1-15(2)12(11-6-7-17-9-11)8-14-13(16)10-4-3-5-10/h6-7,9-10,12H,3-5,8H2,1-2H3,(H,14,16)/t12-/m1/s1. The van der Waals surface area contributed by atoms with Gasteiger partial charge in [-0.25, -0.2) is 0 Å². The van der Waals surface area contributed by atoms with Crippen molar-refractivity contribution in [2.75, 3.05) is 20.6 Å². The fourth-order valence-electron chi connectivity index (χ4n) is 2.08. The van der Waals surface area contributed by atoms with Crippen LogP contribution in [0.15, 0.2) is 16.8 Å². The largest absolute Gasteiger partial charge is 0.354 e. The van der Waals surface area contributed by atoms with Crippen LogP contribution in [0.5, 0.6) is 0 Å². The van der Waals surface area contributed by atoms with E-state index >= 15 is 0 Å². The Morgan fingerprint density at radius 2 is 2.35 bits per heavy atom. The van der Waals surface area contributed by atoms with Gasteiger partial charge in [-0.05, 0) is 49.3 Å². The van der Waals surface area contributed by atoms with Crippen molar-refractivity contribution >= 4 is 17.2 Å². The lowest BCUT2D eigenvalue weighted by Crippen LogP contribution is -2.39. The number of nitrogens with zero attached hydrogens (tertiary/aromatic N) is 1. The Bertz CT molecular complexity index is 358. The van der Waals surface area contributed by atoms with Crippen molar-refractivity contribution in [3.8, 4) is 0 Å². The quantitative estimate of drug-likeness (QED) is 0.872. The number of rotatable bonds is 5. The van der Waals surface area contributed by atoms with Crippen LogP contribution in [-0.2, 0) is 4.79 Å². The number of thiophene rings is 1. The zero-order valence-corrected chi connectivity index (χ0v) is 11.3. The van der Waals surface area contributed by atoms with Gasteiger partial charge in [-0.2, -0.15) is 11.3 Å². The van der Waals surface area contributed by atoms with Gasteiger partial charge in [-0.15, -0.1) is 0 Å². The van der Waals surface area contributed by atoms with Crippen LogP contribution >= 0.6 is 11.3 Å². The molecule has 3 nitrogen and oxygen atoms in total. The SMILES string of the molecule is CN(C)[C@H](CNC(=O)C1CCC1)c1ccsc1. The van der Waals surface area contributed by atoms with Gasteiger partial charge in [-0.3, -0.25) is 4.79 Å². The molecule has 0 saturated heterocycles. The fraction of sp³-hybridized carbons (Fsp3) is 0.615. The van der Waals surface area contributed by atoms with Crippen molar-refractivity contribution in [2.24, 2.45) is 5.92 Å². The summed E-state index contributed by atoms with van der Waals surface area (Å²) in [5, 5.41) is 7.31. The molecule has 2 rings (SSSR count). The topological polar surface area (TPSA) is 32.3 Å². The maximum Gasteiger partial charge on any atom is 0.223 e. The molecule has 1 saturated carbocycles. The summed E-state index contributed by atoms with van der Waals surface area (Å²) in [5.74, 6) is 0.513. The van der Waals surface area contributed by atoms with Crippen LogP contribution in [0.2, 0.25) is 0 Å². The fourth-order valence-corrected chi connectivity index (χ4v) is 2.78. The Morgan fingerprint density at radius 3 is 2.82 bits per heavy atom. The Hall–Kier alpha value is -0.870. The van der Waals surface area contributed by atoms with E-state index < -0.39 is 0 Å². The molecule has 0 radical (unpaired) electrons. The third-order valence-electron chi connectivity index (χ3n) is 3.50.